The zero-order valence-electron chi connectivity index (χ0n) is 14.2. The number of methoxy groups -OCH3 is 1. The summed E-state index contributed by atoms with van der Waals surface area (Å²) in [5, 5.41) is 9.30. The van der Waals surface area contributed by atoms with Gasteiger partial charge in [0.15, 0.2) is 5.65 Å². The van der Waals surface area contributed by atoms with E-state index in [1.165, 1.54) is 0 Å². The van der Waals surface area contributed by atoms with Crippen molar-refractivity contribution in [1.82, 2.24) is 19.7 Å². The van der Waals surface area contributed by atoms with E-state index in [1.807, 2.05) is 22.9 Å². The minimum Gasteiger partial charge on any atom is -0.496 e. The molecule has 0 bridgehead atoms. The third kappa shape index (κ3) is 3.01. The van der Waals surface area contributed by atoms with Gasteiger partial charge in [-0.2, -0.15) is 5.10 Å². The fourth-order valence-electron chi connectivity index (χ4n) is 2.55. The van der Waals surface area contributed by atoms with Gasteiger partial charge in [0.05, 0.1) is 24.2 Å². The summed E-state index contributed by atoms with van der Waals surface area (Å²) in [6.07, 6.45) is 3.32. The van der Waals surface area contributed by atoms with Crippen molar-refractivity contribution in [2.45, 2.75) is 32.9 Å². The molecule has 0 amide bonds. The molecule has 0 spiro atoms. The molecule has 0 saturated carbocycles. The zero-order valence-corrected chi connectivity index (χ0v) is 14.9. The number of benzene rings is 1. The summed E-state index contributed by atoms with van der Waals surface area (Å²) in [6.45, 7) is 6.76. The topological polar surface area (TPSA) is 64.9 Å². The van der Waals surface area contributed by atoms with Crippen LogP contribution < -0.4 is 10.1 Å². The number of ether oxygens (including phenoxy) is 1. The molecule has 2 heterocycles. The van der Waals surface area contributed by atoms with Crippen molar-refractivity contribution in [3.8, 4) is 5.75 Å². The number of aromatic nitrogens is 4. The molecule has 3 aromatic rings. The Bertz CT molecular complexity index is 869. The van der Waals surface area contributed by atoms with E-state index in [4.69, 9.17) is 16.3 Å². The third-order valence-corrected chi connectivity index (χ3v) is 4.08. The fourth-order valence-corrected chi connectivity index (χ4v) is 2.78. The van der Waals surface area contributed by atoms with Crippen LogP contribution in [0.2, 0.25) is 5.02 Å². The fraction of sp³-hybridized carbons (Fsp3) is 0.353. The van der Waals surface area contributed by atoms with Gasteiger partial charge in [-0.1, -0.05) is 17.7 Å². The van der Waals surface area contributed by atoms with Gasteiger partial charge >= 0.3 is 0 Å². The largest absolute Gasteiger partial charge is 0.496 e. The van der Waals surface area contributed by atoms with Gasteiger partial charge in [0.25, 0.3) is 0 Å². The molecule has 0 radical (unpaired) electrons. The quantitative estimate of drug-likeness (QED) is 0.778. The maximum Gasteiger partial charge on any atom is 0.163 e. The highest BCUT2D eigenvalue weighted by molar-refractivity contribution is 6.31. The normalized spacial score (nSPS) is 11.7. The lowest BCUT2D eigenvalue weighted by Crippen LogP contribution is -2.23. The second-order valence-corrected chi connectivity index (χ2v) is 6.87. The van der Waals surface area contributed by atoms with E-state index >= 15 is 0 Å². The molecule has 3 rings (SSSR count). The van der Waals surface area contributed by atoms with Gasteiger partial charge in [0.2, 0.25) is 0 Å². The van der Waals surface area contributed by atoms with E-state index in [2.05, 4.69) is 41.2 Å². The van der Waals surface area contributed by atoms with Crippen LogP contribution in [-0.2, 0) is 12.1 Å². The van der Waals surface area contributed by atoms with Crippen LogP contribution in [0.25, 0.3) is 11.0 Å². The van der Waals surface area contributed by atoms with Gasteiger partial charge in [-0.15, -0.1) is 0 Å². The first-order valence-corrected chi connectivity index (χ1v) is 8.04. The van der Waals surface area contributed by atoms with Crippen molar-refractivity contribution < 1.29 is 4.74 Å². The van der Waals surface area contributed by atoms with E-state index in [-0.39, 0.29) is 5.54 Å². The Balaban J connectivity index is 1.94. The molecule has 0 atom stereocenters. The predicted octanol–water partition coefficient (Wildman–Crippen LogP) is 3.86. The number of rotatable bonds is 4. The van der Waals surface area contributed by atoms with Crippen molar-refractivity contribution >= 4 is 28.5 Å². The molecule has 0 aliphatic heterocycles. The van der Waals surface area contributed by atoms with E-state index < -0.39 is 0 Å². The second kappa shape index (κ2) is 6.28. The summed E-state index contributed by atoms with van der Waals surface area (Å²) in [4.78, 5) is 8.72. The molecule has 126 valence electrons. The molecule has 0 aliphatic rings. The van der Waals surface area contributed by atoms with Crippen LogP contribution in [0.3, 0.4) is 0 Å². The Kier molecular flexibility index (Phi) is 4.32. The van der Waals surface area contributed by atoms with Crippen molar-refractivity contribution in [2.24, 2.45) is 0 Å². The molecular weight excluding hydrogens is 326 g/mol. The lowest BCUT2D eigenvalue weighted by atomic mass is 10.1. The number of nitrogens with zero attached hydrogens (tertiary/aromatic N) is 4. The summed E-state index contributed by atoms with van der Waals surface area (Å²) in [5.41, 5.74) is 1.53. The molecule has 0 fully saturated rings. The Labute approximate surface area is 145 Å². The van der Waals surface area contributed by atoms with Crippen LogP contribution >= 0.6 is 11.6 Å². The van der Waals surface area contributed by atoms with Crippen LogP contribution in [0.1, 0.15) is 26.3 Å². The standard InChI is InChI=1S/C17H20ClN5O/c1-17(2,3)23-16-12(9-22-23)15(20-10-21-16)19-8-11-13(18)6-5-7-14(11)24-4/h5-7,9-10H,8H2,1-4H3,(H,19,20,21). The molecule has 1 aromatic carbocycles. The average molecular weight is 346 g/mol. The number of fused-ring (bicyclic) bond motifs is 1. The summed E-state index contributed by atoms with van der Waals surface area (Å²) < 4.78 is 7.27. The van der Waals surface area contributed by atoms with Gasteiger partial charge in [0.1, 0.15) is 17.9 Å². The van der Waals surface area contributed by atoms with Gasteiger partial charge in [0, 0.05) is 17.1 Å². The highest BCUT2D eigenvalue weighted by Gasteiger charge is 2.19. The van der Waals surface area contributed by atoms with Gasteiger partial charge < -0.3 is 10.1 Å². The van der Waals surface area contributed by atoms with Crippen molar-refractivity contribution in [3.05, 3.63) is 41.3 Å². The Morgan fingerprint density at radius 1 is 1.25 bits per heavy atom. The number of anilines is 1. The molecule has 6 nitrogen and oxygen atoms in total. The summed E-state index contributed by atoms with van der Waals surface area (Å²) >= 11 is 6.29. The van der Waals surface area contributed by atoms with E-state index in [9.17, 15) is 0 Å². The summed E-state index contributed by atoms with van der Waals surface area (Å²) in [7, 11) is 1.63. The zero-order chi connectivity index (χ0) is 17.3. The number of nitrogens with one attached hydrogen (secondary N) is 1. The first-order valence-electron chi connectivity index (χ1n) is 7.66. The van der Waals surface area contributed by atoms with E-state index in [0.717, 1.165) is 28.2 Å². The molecule has 7 heteroatoms. The molecule has 1 N–H and O–H groups in total. The molecule has 0 saturated heterocycles. The van der Waals surface area contributed by atoms with Crippen LogP contribution in [0, 0.1) is 0 Å². The minimum atomic E-state index is -0.153. The summed E-state index contributed by atoms with van der Waals surface area (Å²) in [6, 6.07) is 5.59. The first kappa shape index (κ1) is 16.5. The van der Waals surface area contributed by atoms with Crippen molar-refractivity contribution in [1.29, 1.82) is 0 Å². The van der Waals surface area contributed by atoms with Crippen LogP contribution in [0.4, 0.5) is 5.82 Å². The SMILES string of the molecule is COc1cccc(Cl)c1CNc1ncnc2c1cnn2C(C)(C)C. The number of halogens is 1. The first-order chi connectivity index (χ1) is 11.4. The number of hydrogen-bond donors (Lipinski definition) is 1. The third-order valence-electron chi connectivity index (χ3n) is 3.73. The molecule has 24 heavy (non-hydrogen) atoms. The molecule has 0 unspecified atom stereocenters. The Morgan fingerprint density at radius 3 is 2.75 bits per heavy atom. The highest BCUT2D eigenvalue weighted by Crippen LogP contribution is 2.28. The van der Waals surface area contributed by atoms with Crippen molar-refractivity contribution in [3.63, 3.8) is 0 Å². The highest BCUT2D eigenvalue weighted by atomic mass is 35.5. The number of hydrogen-bond acceptors (Lipinski definition) is 5. The van der Waals surface area contributed by atoms with E-state index in [0.29, 0.717) is 11.6 Å². The van der Waals surface area contributed by atoms with Gasteiger partial charge in [-0.3, -0.25) is 0 Å². The average Bonchev–Trinajstić information content (AvgIpc) is 2.98. The predicted molar refractivity (Wildman–Crippen MR) is 95.6 cm³/mol. The van der Waals surface area contributed by atoms with Crippen LogP contribution in [0.15, 0.2) is 30.7 Å². The second-order valence-electron chi connectivity index (χ2n) is 6.46. The minimum absolute atomic E-state index is 0.153. The van der Waals surface area contributed by atoms with Gasteiger partial charge in [-0.25, -0.2) is 14.6 Å². The lowest BCUT2D eigenvalue weighted by molar-refractivity contribution is 0.366. The molecular formula is C17H20ClN5O. The monoisotopic (exact) mass is 345 g/mol. The Hall–Kier alpha value is -2.34. The van der Waals surface area contributed by atoms with Gasteiger partial charge in [-0.05, 0) is 32.9 Å². The van der Waals surface area contributed by atoms with Crippen molar-refractivity contribution in [2.75, 3.05) is 12.4 Å². The van der Waals surface area contributed by atoms with Crippen LogP contribution in [0.5, 0.6) is 5.75 Å². The van der Waals surface area contributed by atoms with E-state index in [1.54, 1.807) is 19.6 Å². The molecule has 0 aliphatic carbocycles. The Morgan fingerprint density at radius 2 is 2.04 bits per heavy atom. The smallest absolute Gasteiger partial charge is 0.163 e. The summed E-state index contributed by atoms with van der Waals surface area (Å²) in [5.74, 6) is 1.46. The molecule has 2 aromatic heterocycles. The maximum atomic E-state index is 6.29. The van der Waals surface area contributed by atoms with Crippen LogP contribution in [-0.4, -0.2) is 26.9 Å². The lowest BCUT2D eigenvalue weighted by Gasteiger charge is -2.19. The maximum absolute atomic E-state index is 6.29.